The van der Waals surface area contributed by atoms with Crippen molar-refractivity contribution >= 4 is 5.69 Å². The van der Waals surface area contributed by atoms with E-state index in [-0.39, 0.29) is 6.10 Å². The van der Waals surface area contributed by atoms with Crippen molar-refractivity contribution in [2.24, 2.45) is 0 Å². The largest absolute Gasteiger partial charge is 0.497 e. The van der Waals surface area contributed by atoms with E-state index in [0.29, 0.717) is 0 Å². The van der Waals surface area contributed by atoms with Crippen molar-refractivity contribution in [3.8, 4) is 5.75 Å². The molecule has 0 aromatic heterocycles. The molecule has 1 aromatic carbocycles. The highest BCUT2D eigenvalue weighted by Gasteiger charge is 1.95. The Balaban J connectivity index is 2.30. The van der Waals surface area contributed by atoms with Crippen LogP contribution in [0.25, 0.3) is 0 Å². The highest BCUT2D eigenvalue weighted by atomic mass is 16.5. The molecule has 0 unspecified atom stereocenters. The predicted octanol–water partition coefficient (Wildman–Crippen LogP) is 2.53. The standard InChI is InChI=1S/C12H19NO2/c1-10(2)15-8-7-13-11-5-4-6-12(9-11)14-3/h4-6,9-10,13H,7-8H2,1-3H3. The maximum atomic E-state index is 5.43. The van der Waals surface area contributed by atoms with Gasteiger partial charge in [-0.2, -0.15) is 0 Å². The Labute approximate surface area is 91.4 Å². The van der Waals surface area contributed by atoms with Crippen molar-refractivity contribution in [3.05, 3.63) is 24.3 Å². The van der Waals surface area contributed by atoms with Crippen molar-refractivity contribution in [1.82, 2.24) is 0 Å². The third kappa shape index (κ3) is 4.70. The summed E-state index contributed by atoms with van der Waals surface area (Å²) in [4.78, 5) is 0. The minimum absolute atomic E-state index is 0.289. The van der Waals surface area contributed by atoms with Crippen LogP contribution in [-0.2, 0) is 4.74 Å². The molecule has 84 valence electrons. The predicted molar refractivity (Wildman–Crippen MR) is 62.6 cm³/mol. The highest BCUT2D eigenvalue weighted by Crippen LogP contribution is 2.16. The maximum absolute atomic E-state index is 5.43. The second-order valence-corrected chi connectivity index (χ2v) is 3.58. The van der Waals surface area contributed by atoms with E-state index in [1.807, 2.05) is 38.1 Å². The maximum Gasteiger partial charge on any atom is 0.120 e. The van der Waals surface area contributed by atoms with Gasteiger partial charge in [-0.1, -0.05) is 6.07 Å². The summed E-state index contributed by atoms with van der Waals surface area (Å²) in [6.07, 6.45) is 0.289. The lowest BCUT2D eigenvalue weighted by molar-refractivity contribution is 0.0870. The molecule has 0 radical (unpaired) electrons. The number of hydrogen-bond acceptors (Lipinski definition) is 3. The van der Waals surface area contributed by atoms with Crippen LogP contribution < -0.4 is 10.1 Å². The third-order valence-corrected chi connectivity index (χ3v) is 1.95. The van der Waals surface area contributed by atoms with Gasteiger partial charge in [0.25, 0.3) is 0 Å². The number of methoxy groups -OCH3 is 1. The summed E-state index contributed by atoms with van der Waals surface area (Å²) < 4.78 is 10.6. The molecule has 0 bridgehead atoms. The van der Waals surface area contributed by atoms with E-state index in [2.05, 4.69) is 5.32 Å². The molecule has 0 amide bonds. The summed E-state index contributed by atoms with van der Waals surface area (Å²) >= 11 is 0. The summed E-state index contributed by atoms with van der Waals surface area (Å²) in [7, 11) is 1.67. The number of nitrogens with one attached hydrogen (secondary N) is 1. The Morgan fingerprint density at radius 3 is 2.80 bits per heavy atom. The van der Waals surface area contributed by atoms with Gasteiger partial charge in [0.2, 0.25) is 0 Å². The van der Waals surface area contributed by atoms with Crippen molar-refractivity contribution in [3.63, 3.8) is 0 Å². The van der Waals surface area contributed by atoms with Crippen molar-refractivity contribution in [2.75, 3.05) is 25.6 Å². The van der Waals surface area contributed by atoms with Crippen molar-refractivity contribution in [1.29, 1.82) is 0 Å². The zero-order valence-electron chi connectivity index (χ0n) is 9.62. The van der Waals surface area contributed by atoms with Crippen LogP contribution in [0.1, 0.15) is 13.8 Å². The summed E-state index contributed by atoms with van der Waals surface area (Å²) in [6.45, 7) is 5.59. The first-order valence-electron chi connectivity index (χ1n) is 5.22. The topological polar surface area (TPSA) is 30.5 Å². The number of rotatable bonds is 6. The van der Waals surface area contributed by atoms with Crippen LogP contribution >= 0.6 is 0 Å². The molecule has 3 heteroatoms. The van der Waals surface area contributed by atoms with Crippen molar-refractivity contribution < 1.29 is 9.47 Å². The number of ether oxygens (including phenoxy) is 2. The van der Waals surface area contributed by atoms with E-state index in [1.54, 1.807) is 7.11 Å². The van der Waals surface area contributed by atoms with E-state index in [9.17, 15) is 0 Å². The molecule has 0 aliphatic carbocycles. The first-order valence-corrected chi connectivity index (χ1v) is 5.22. The molecule has 0 aliphatic heterocycles. The van der Waals surface area contributed by atoms with Gasteiger partial charge in [0.05, 0.1) is 19.8 Å². The zero-order valence-corrected chi connectivity index (χ0v) is 9.62. The van der Waals surface area contributed by atoms with Gasteiger partial charge in [-0.15, -0.1) is 0 Å². The fraction of sp³-hybridized carbons (Fsp3) is 0.500. The van der Waals surface area contributed by atoms with E-state index in [4.69, 9.17) is 9.47 Å². The number of benzene rings is 1. The van der Waals surface area contributed by atoms with Crippen LogP contribution in [0.5, 0.6) is 5.75 Å². The molecule has 1 aromatic rings. The van der Waals surface area contributed by atoms with Gasteiger partial charge in [-0.3, -0.25) is 0 Å². The molecule has 3 nitrogen and oxygen atoms in total. The fourth-order valence-electron chi connectivity index (χ4n) is 1.22. The first kappa shape index (κ1) is 11.9. The molecule has 0 spiro atoms. The molecule has 0 atom stereocenters. The molecular weight excluding hydrogens is 190 g/mol. The van der Waals surface area contributed by atoms with E-state index in [1.165, 1.54) is 0 Å². The normalized spacial score (nSPS) is 10.4. The number of hydrogen-bond donors (Lipinski definition) is 1. The molecule has 15 heavy (non-hydrogen) atoms. The Morgan fingerprint density at radius 1 is 1.33 bits per heavy atom. The van der Waals surface area contributed by atoms with Gasteiger partial charge in [-0.05, 0) is 26.0 Å². The molecule has 1 rings (SSSR count). The number of anilines is 1. The van der Waals surface area contributed by atoms with Crippen LogP contribution in [0.4, 0.5) is 5.69 Å². The summed E-state index contributed by atoms with van der Waals surface area (Å²) in [6, 6.07) is 7.87. The lowest BCUT2D eigenvalue weighted by Gasteiger charge is -2.10. The first-order chi connectivity index (χ1) is 7.22. The second-order valence-electron chi connectivity index (χ2n) is 3.58. The fourth-order valence-corrected chi connectivity index (χ4v) is 1.22. The van der Waals surface area contributed by atoms with Crippen LogP contribution in [0, 0.1) is 0 Å². The monoisotopic (exact) mass is 209 g/mol. The highest BCUT2D eigenvalue weighted by molar-refractivity contribution is 5.47. The Hall–Kier alpha value is -1.22. The van der Waals surface area contributed by atoms with Crippen LogP contribution in [0.15, 0.2) is 24.3 Å². The molecule has 0 fully saturated rings. The molecule has 0 saturated carbocycles. The second kappa shape index (κ2) is 6.30. The van der Waals surface area contributed by atoms with Gasteiger partial charge in [-0.25, -0.2) is 0 Å². The average molecular weight is 209 g/mol. The van der Waals surface area contributed by atoms with Crippen molar-refractivity contribution in [2.45, 2.75) is 20.0 Å². The molecule has 0 heterocycles. The van der Waals surface area contributed by atoms with Gasteiger partial charge >= 0.3 is 0 Å². The zero-order chi connectivity index (χ0) is 11.1. The van der Waals surface area contributed by atoms with Crippen LogP contribution in [-0.4, -0.2) is 26.4 Å². The minimum atomic E-state index is 0.289. The van der Waals surface area contributed by atoms with Crippen LogP contribution in [0.2, 0.25) is 0 Å². The smallest absolute Gasteiger partial charge is 0.120 e. The van der Waals surface area contributed by atoms with E-state index >= 15 is 0 Å². The van der Waals surface area contributed by atoms with Gasteiger partial charge < -0.3 is 14.8 Å². The summed E-state index contributed by atoms with van der Waals surface area (Å²) in [5.41, 5.74) is 1.06. The molecule has 0 saturated heterocycles. The molecule has 1 N–H and O–H groups in total. The molecular formula is C12H19NO2. The van der Waals surface area contributed by atoms with Crippen LogP contribution in [0.3, 0.4) is 0 Å². The Kier molecular flexibility index (Phi) is 4.98. The van der Waals surface area contributed by atoms with Gasteiger partial charge in [0.1, 0.15) is 5.75 Å². The third-order valence-electron chi connectivity index (χ3n) is 1.95. The Morgan fingerprint density at radius 2 is 2.13 bits per heavy atom. The lowest BCUT2D eigenvalue weighted by Crippen LogP contribution is -2.13. The van der Waals surface area contributed by atoms with Gasteiger partial charge in [0.15, 0.2) is 0 Å². The quantitative estimate of drug-likeness (QED) is 0.730. The SMILES string of the molecule is COc1cccc(NCCOC(C)C)c1. The average Bonchev–Trinajstić information content (AvgIpc) is 2.24. The lowest BCUT2D eigenvalue weighted by atomic mass is 10.3. The molecule has 0 aliphatic rings. The van der Waals surface area contributed by atoms with E-state index < -0.39 is 0 Å². The van der Waals surface area contributed by atoms with E-state index in [0.717, 1.165) is 24.6 Å². The Bertz CT molecular complexity index is 287. The summed E-state index contributed by atoms with van der Waals surface area (Å²) in [5.74, 6) is 0.866. The summed E-state index contributed by atoms with van der Waals surface area (Å²) in [5, 5.41) is 3.27. The van der Waals surface area contributed by atoms with Gasteiger partial charge in [0, 0.05) is 18.3 Å². The minimum Gasteiger partial charge on any atom is -0.497 e.